The molecule has 0 saturated carbocycles. The summed E-state index contributed by atoms with van der Waals surface area (Å²) in [5, 5.41) is 0. The number of carbonyl (C=O) groups excluding carboxylic acids is 1. The highest BCUT2D eigenvalue weighted by Gasteiger charge is 2.49. The second-order valence-corrected chi connectivity index (χ2v) is 9.44. The zero-order valence-electron chi connectivity index (χ0n) is 19.0. The maximum Gasteiger partial charge on any atom is 0.193 e. The lowest BCUT2D eigenvalue weighted by molar-refractivity contribution is -0.174. The van der Waals surface area contributed by atoms with E-state index in [2.05, 4.69) is 0 Å². The molecule has 2 fully saturated rings. The van der Waals surface area contributed by atoms with E-state index in [1.165, 1.54) is 0 Å². The minimum Gasteiger partial charge on any atom is -0.348 e. The van der Waals surface area contributed by atoms with Crippen LogP contribution in [0.3, 0.4) is 0 Å². The van der Waals surface area contributed by atoms with Gasteiger partial charge in [0.25, 0.3) is 0 Å². The van der Waals surface area contributed by atoms with Crippen molar-refractivity contribution in [3.8, 4) is 0 Å². The lowest BCUT2D eigenvalue weighted by Gasteiger charge is -2.23. The van der Waals surface area contributed by atoms with Crippen LogP contribution < -0.4 is 0 Å². The summed E-state index contributed by atoms with van der Waals surface area (Å²) in [5.41, 5.74) is 3.72. The maximum absolute atomic E-state index is 12.7. The first kappa shape index (κ1) is 22.2. The molecule has 2 aliphatic heterocycles. The van der Waals surface area contributed by atoms with Crippen molar-refractivity contribution >= 4 is 5.78 Å². The lowest BCUT2D eigenvalue weighted by Crippen LogP contribution is -2.38. The van der Waals surface area contributed by atoms with Crippen molar-refractivity contribution < 1.29 is 23.7 Å². The van der Waals surface area contributed by atoms with E-state index in [9.17, 15) is 4.79 Å². The highest BCUT2D eigenvalue weighted by atomic mass is 16.8. The molecule has 0 unspecified atom stereocenters. The molecule has 5 heteroatoms. The van der Waals surface area contributed by atoms with Crippen molar-refractivity contribution in [2.75, 3.05) is 6.61 Å². The van der Waals surface area contributed by atoms with Crippen LogP contribution >= 0.6 is 0 Å². The standard InChI is InChI=1S/C26H32O5/c1-17-6-11-19(12-7-17)23(27)20-13-8-18(9-14-20)10-15-21-24(31-26(4,5)29-21)22-16-28-25(2,3)30-22/h6-9,11-14,21-22,24H,10,15-16H2,1-5H3/t21-,22-,24+/m1/s1. The van der Waals surface area contributed by atoms with Crippen LogP contribution in [0.2, 0.25) is 0 Å². The highest BCUT2D eigenvalue weighted by Crippen LogP contribution is 2.37. The molecule has 31 heavy (non-hydrogen) atoms. The highest BCUT2D eigenvalue weighted by molar-refractivity contribution is 6.08. The summed E-state index contributed by atoms with van der Waals surface area (Å²) in [4.78, 5) is 12.7. The van der Waals surface area contributed by atoms with Crippen LogP contribution in [-0.2, 0) is 25.4 Å². The number of rotatable bonds is 6. The first-order valence-electron chi connectivity index (χ1n) is 11.0. The van der Waals surface area contributed by atoms with E-state index in [0.29, 0.717) is 17.7 Å². The van der Waals surface area contributed by atoms with Crippen LogP contribution in [-0.4, -0.2) is 42.3 Å². The molecule has 0 spiro atoms. The quantitative estimate of drug-likeness (QED) is 0.622. The summed E-state index contributed by atoms with van der Waals surface area (Å²) >= 11 is 0. The zero-order chi connectivity index (χ0) is 22.2. The van der Waals surface area contributed by atoms with Gasteiger partial charge in [-0.2, -0.15) is 0 Å². The van der Waals surface area contributed by atoms with Gasteiger partial charge < -0.3 is 18.9 Å². The first-order chi connectivity index (χ1) is 14.6. The molecule has 2 aromatic carbocycles. The minimum atomic E-state index is -0.643. The third-order valence-electron chi connectivity index (χ3n) is 5.87. The van der Waals surface area contributed by atoms with Crippen LogP contribution in [0.15, 0.2) is 48.5 Å². The summed E-state index contributed by atoms with van der Waals surface area (Å²) < 4.78 is 24.1. The van der Waals surface area contributed by atoms with E-state index in [-0.39, 0.29) is 24.1 Å². The van der Waals surface area contributed by atoms with Crippen LogP contribution in [0.25, 0.3) is 0 Å². The second kappa shape index (κ2) is 8.47. The fourth-order valence-corrected chi connectivity index (χ4v) is 4.28. The molecular weight excluding hydrogens is 392 g/mol. The van der Waals surface area contributed by atoms with E-state index >= 15 is 0 Å². The molecule has 0 amide bonds. The smallest absolute Gasteiger partial charge is 0.193 e. The number of ketones is 1. The predicted octanol–water partition coefficient (Wildman–Crippen LogP) is 4.83. The minimum absolute atomic E-state index is 0.0434. The summed E-state index contributed by atoms with van der Waals surface area (Å²) in [6.07, 6.45) is 1.25. The van der Waals surface area contributed by atoms with Crippen LogP contribution in [0, 0.1) is 6.92 Å². The first-order valence-corrected chi connectivity index (χ1v) is 11.0. The number of carbonyl (C=O) groups is 1. The van der Waals surface area contributed by atoms with Crippen molar-refractivity contribution in [1.82, 2.24) is 0 Å². The van der Waals surface area contributed by atoms with E-state index < -0.39 is 11.6 Å². The van der Waals surface area contributed by atoms with E-state index in [1.54, 1.807) is 0 Å². The van der Waals surface area contributed by atoms with Crippen molar-refractivity contribution in [3.63, 3.8) is 0 Å². The Hall–Kier alpha value is -2.05. The van der Waals surface area contributed by atoms with Gasteiger partial charge in [-0.1, -0.05) is 54.1 Å². The summed E-state index contributed by atoms with van der Waals surface area (Å²) in [5.74, 6) is -1.19. The molecule has 2 heterocycles. The van der Waals surface area contributed by atoms with Crippen LogP contribution in [0.4, 0.5) is 0 Å². The molecule has 0 radical (unpaired) electrons. The Morgan fingerprint density at radius 2 is 1.48 bits per heavy atom. The van der Waals surface area contributed by atoms with Gasteiger partial charge in [-0.25, -0.2) is 0 Å². The van der Waals surface area contributed by atoms with E-state index in [4.69, 9.17) is 18.9 Å². The van der Waals surface area contributed by atoms with Gasteiger partial charge in [-0.05, 0) is 53.0 Å². The number of hydrogen-bond donors (Lipinski definition) is 0. The molecule has 166 valence electrons. The predicted molar refractivity (Wildman–Crippen MR) is 118 cm³/mol. The molecule has 0 aromatic heterocycles. The molecule has 3 atom stereocenters. The Labute approximate surface area is 184 Å². The molecule has 2 aromatic rings. The Morgan fingerprint density at radius 1 is 0.871 bits per heavy atom. The van der Waals surface area contributed by atoms with Crippen molar-refractivity contribution in [3.05, 3.63) is 70.8 Å². The third-order valence-corrected chi connectivity index (χ3v) is 5.87. The summed E-state index contributed by atoms with van der Waals surface area (Å²) in [6.45, 7) is 10.2. The average Bonchev–Trinajstić information content (AvgIpc) is 3.24. The van der Waals surface area contributed by atoms with Crippen molar-refractivity contribution in [2.24, 2.45) is 0 Å². The third kappa shape index (κ3) is 5.24. The van der Waals surface area contributed by atoms with Gasteiger partial charge in [0.05, 0.1) is 12.7 Å². The molecule has 2 aliphatic rings. The number of benzene rings is 2. The van der Waals surface area contributed by atoms with E-state index in [1.807, 2.05) is 83.1 Å². The van der Waals surface area contributed by atoms with Gasteiger partial charge in [0.15, 0.2) is 17.4 Å². The molecule has 5 nitrogen and oxygen atoms in total. The molecule has 0 N–H and O–H groups in total. The Morgan fingerprint density at radius 3 is 2.06 bits per heavy atom. The fraction of sp³-hybridized carbons (Fsp3) is 0.500. The van der Waals surface area contributed by atoms with Gasteiger partial charge in [0.1, 0.15) is 12.2 Å². The molecule has 0 bridgehead atoms. The number of hydrogen-bond acceptors (Lipinski definition) is 5. The second-order valence-electron chi connectivity index (χ2n) is 9.44. The van der Waals surface area contributed by atoms with Gasteiger partial charge in [0.2, 0.25) is 0 Å². The van der Waals surface area contributed by atoms with Gasteiger partial charge in [-0.15, -0.1) is 0 Å². The van der Waals surface area contributed by atoms with Crippen LogP contribution in [0.5, 0.6) is 0 Å². The Balaban J connectivity index is 1.39. The number of ether oxygens (including phenoxy) is 4. The summed E-state index contributed by atoms with van der Waals surface area (Å²) in [6, 6.07) is 15.5. The monoisotopic (exact) mass is 424 g/mol. The zero-order valence-corrected chi connectivity index (χ0v) is 19.0. The number of aryl methyl sites for hydroxylation is 2. The van der Waals surface area contributed by atoms with Crippen LogP contribution in [0.1, 0.15) is 61.2 Å². The Bertz CT molecular complexity index is 914. The SMILES string of the molecule is Cc1ccc(C(=O)c2ccc(CC[C@H]3OC(C)(C)O[C@@H]3[C@H]3COC(C)(C)O3)cc2)cc1. The van der Waals surface area contributed by atoms with Crippen molar-refractivity contribution in [1.29, 1.82) is 0 Å². The molecule has 4 rings (SSSR count). The topological polar surface area (TPSA) is 54.0 Å². The lowest BCUT2D eigenvalue weighted by atomic mass is 9.98. The van der Waals surface area contributed by atoms with Gasteiger partial charge in [0, 0.05) is 11.1 Å². The van der Waals surface area contributed by atoms with Gasteiger partial charge in [-0.3, -0.25) is 4.79 Å². The van der Waals surface area contributed by atoms with Gasteiger partial charge >= 0.3 is 0 Å². The normalized spacial score (nSPS) is 26.8. The molecule has 2 saturated heterocycles. The molecular formula is C26H32O5. The average molecular weight is 425 g/mol. The largest absolute Gasteiger partial charge is 0.348 e. The molecule has 0 aliphatic carbocycles. The maximum atomic E-state index is 12.7. The van der Waals surface area contributed by atoms with Crippen molar-refractivity contribution in [2.45, 2.75) is 77.3 Å². The van der Waals surface area contributed by atoms with E-state index in [0.717, 1.165) is 24.0 Å². The Kier molecular flexibility index (Phi) is 6.05. The summed E-state index contributed by atoms with van der Waals surface area (Å²) in [7, 11) is 0. The fourth-order valence-electron chi connectivity index (χ4n) is 4.28.